The number of benzene rings is 2. The fourth-order valence-electron chi connectivity index (χ4n) is 3.64. The molecule has 0 aliphatic heterocycles. The predicted octanol–water partition coefficient (Wildman–Crippen LogP) is 3.60. The first-order valence-electron chi connectivity index (χ1n) is 11.0. The summed E-state index contributed by atoms with van der Waals surface area (Å²) in [5.74, 6) is 0.142. The lowest BCUT2D eigenvalue weighted by Gasteiger charge is -2.12. The van der Waals surface area contributed by atoms with Crippen LogP contribution in [-0.2, 0) is 9.84 Å². The van der Waals surface area contributed by atoms with Gasteiger partial charge in [-0.3, -0.25) is 4.79 Å². The Kier molecular flexibility index (Phi) is 6.10. The molecule has 2 heterocycles. The molecular formula is C24H23N5O5S. The average molecular weight is 494 g/mol. The standard InChI is InChI=1S/C24H23N5O5S/c1-25-23(30)22-21-17(33-20-11-12-26-13-27-20)6-4-7-18(21)34-24(22)29-16-5-2-3-8-19(16)35(31,32)14-28-15-9-10-15/h2-8,11-13,15,28-29H,9-10,14H2,1H3,(H,25,30). The summed E-state index contributed by atoms with van der Waals surface area (Å²) >= 11 is 0. The second-order valence-electron chi connectivity index (χ2n) is 8.02. The number of carbonyl (C=O) groups excluding carboxylic acids is 1. The van der Waals surface area contributed by atoms with Crippen LogP contribution in [0.3, 0.4) is 0 Å². The Hall–Kier alpha value is -3.96. The Morgan fingerprint density at radius 3 is 2.71 bits per heavy atom. The maximum absolute atomic E-state index is 13.0. The van der Waals surface area contributed by atoms with Crippen molar-refractivity contribution < 1.29 is 22.4 Å². The van der Waals surface area contributed by atoms with Crippen molar-refractivity contribution in [2.75, 3.05) is 18.2 Å². The van der Waals surface area contributed by atoms with E-state index in [1.165, 1.54) is 19.4 Å². The topological polar surface area (TPSA) is 135 Å². The lowest BCUT2D eigenvalue weighted by Crippen LogP contribution is -2.25. The second kappa shape index (κ2) is 9.35. The molecule has 1 aliphatic rings. The molecular weight excluding hydrogens is 470 g/mol. The van der Waals surface area contributed by atoms with Crippen LogP contribution < -0.4 is 20.7 Å². The molecule has 0 spiro atoms. The summed E-state index contributed by atoms with van der Waals surface area (Å²) in [6.45, 7) is 0. The Bertz CT molecular complexity index is 1480. The van der Waals surface area contributed by atoms with Gasteiger partial charge in [-0.2, -0.15) is 0 Å². The summed E-state index contributed by atoms with van der Waals surface area (Å²) in [5, 5.41) is 9.11. The molecule has 2 aromatic carbocycles. The third-order valence-electron chi connectivity index (χ3n) is 5.51. The number of hydrogen-bond acceptors (Lipinski definition) is 9. The third-order valence-corrected chi connectivity index (χ3v) is 7.08. The molecule has 0 unspecified atom stereocenters. The van der Waals surface area contributed by atoms with Gasteiger partial charge in [-0.15, -0.1) is 0 Å². The highest BCUT2D eigenvalue weighted by Crippen LogP contribution is 2.40. The molecule has 35 heavy (non-hydrogen) atoms. The molecule has 1 saturated carbocycles. The highest BCUT2D eigenvalue weighted by atomic mass is 32.2. The monoisotopic (exact) mass is 493 g/mol. The van der Waals surface area contributed by atoms with Gasteiger partial charge in [0.15, 0.2) is 9.84 Å². The molecule has 11 heteroatoms. The van der Waals surface area contributed by atoms with Crippen LogP contribution in [0.4, 0.5) is 11.6 Å². The number of hydrogen-bond donors (Lipinski definition) is 3. The lowest BCUT2D eigenvalue weighted by atomic mass is 10.1. The molecule has 2 aromatic heterocycles. The van der Waals surface area contributed by atoms with E-state index in [0.717, 1.165) is 12.8 Å². The van der Waals surface area contributed by atoms with Gasteiger partial charge in [0.05, 0.1) is 16.0 Å². The van der Waals surface area contributed by atoms with Crippen molar-refractivity contribution in [3.63, 3.8) is 0 Å². The number of amides is 1. The zero-order valence-electron chi connectivity index (χ0n) is 18.8. The van der Waals surface area contributed by atoms with Gasteiger partial charge in [-0.1, -0.05) is 18.2 Å². The molecule has 0 radical (unpaired) electrons. The van der Waals surface area contributed by atoms with E-state index in [2.05, 4.69) is 25.9 Å². The SMILES string of the molecule is CNC(=O)c1c(Nc2ccccc2S(=O)(=O)CNC2CC2)oc2cccc(Oc3ccncn3)c12. The molecule has 1 amide bonds. The normalized spacial score (nSPS) is 13.5. The molecule has 0 atom stereocenters. The highest BCUT2D eigenvalue weighted by molar-refractivity contribution is 7.91. The van der Waals surface area contributed by atoms with Gasteiger partial charge in [0.2, 0.25) is 11.8 Å². The first kappa shape index (κ1) is 22.8. The fourth-order valence-corrected chi connectivity index (χ4v) is 4.99. The fraction of sp³-hybridized carbons (Fsp3) is 0.208. The van der Waals surface area contributed by atoms with Crippen LogP contribution >= 0.6 is 0 Å². The zero-order valence-corrected chi connectivity index (χ0v) is 19.6. The van der Waals surface area contributed by atoms with Crippen molar-refractivity contribution in [3.8, 4) is 11.6 Å². The number of rotatable bonds is 9. The summed E-state index contributed by atoms with van der Waals surface area (Å²) < 4.78 is 38.0. The smallest absolute Gasteiger partial charge is 0.257 e. The van der Waals surface area contributed by atoms with Crippen molar-refractivity contribution in [3.05, 3.63) is 66.6 Å². The number of sulfone groups is 1. The minimum atomic E-state index is -3.64. The number of nitrogens with one attached hydrogen (secondary N) is 3. The van der Waals surface area contributed by atoms with Gasteiger partial charge < -0.3 is 25.1 Å². The van der Waals surface area contributed by atoms with Crippen LogP contribution in [0.5, 0.6) is 11.6 Å². The molecule has 4 aromatic rings. The predicted molar refractivity (Wildman–Crippen MR) is 130 cm³/mol. The zero-order chi connectivity index (χ0) is 24.4. The Morgan fingerprint density at radius 2 is 1.97 bits per heavy atom. The summed E-state index contributed by atoms with van der Waals surface area (Å²) in [5.41, 5.74) is 0.858. The number of ether oxygens (including phenoxy) is 1. The molecule has 0 saturated heterocycles. The van der Waals surface area contributed by atoms with Crippen molar-refractivity contribution in [2.24, 2.45) is 0 Å². The van der Waals surface area contributed by atoms with Gasteiger partial charge in [0, 0.05) is 25.4 Å². The Morgan fingerprint density at radius 1 is 1.14 bits per heavy atom. The summed E-state index contributed by atoms with van der Waals surface area (Å²) in [6.07, 6.45) is 4.85. The van der Waals surface area contributed by atoms with Gasteiger partial charge in [0.1, 0.15) is 29.1 Å². The van der Waals surface area contributed by atoms with Crippen LogP contribution in [0.15, 0.2) is 70.4 Å². The number of carbonyl (C=O) groups is 1. The molecule has 10 nitrogen and oxygen atoms in total. The molecule has 1 aliphatic carbocycles. The van der Waals surface area contributed by atoms with E-state index in [1.807, 2.05) is 0 Å². The summed E-state index contributed by atoms with van der Waals surface area (Å²) in [6, 6.07) is 13.5. The number of furan rings is 1. The van der Waals surface area contributed by atoms with Gasteiger partial charge in [0.25, 0.3) is 5.91 Å². The molecule has 3 N–H and O–H groups in total. The lowest BCUT2D eigenvalue weighted by molar-refractivity contribution is 0.0964. The van der Waals surface area contributed by atoms with E-state index >= 15 is 0 Å². The molecule has 5 rings (SSSR count). The van der Waals surface area contributed by atoms with Crippen LogP contribution in [0.1, 0.15) is 23.2 Å². The van der Waals surface area contributed by atoms with E-state index in [9.17, 15) is 13.2 Å². The number of nitrogens with zero attached hydrogens (tertiary/aromatic N) is 2. The number of para-hydroxylation sites is 1. The van der Waals surface area contributed by atoms with Gasteiger partial charge in [-0.05, 0) is 37.1 Å². The number of aromatic nitrogens is 2. The Balaban J connectivity index is 1.56. The van der Waals surface area contributed by atoms with E-state index in [1.54, 1.807) is 48.7 Å². The largest absolute Gasteiger partial charge is 0.439 e. The highest BCUT2D eigenvalue weighted by Gasteiger charge is 2.28. The van der Waals surface area contributed by atoms with Gasteiger partial charge >= 0.3 is 0 Å². The van der Waals surface area contributed by atoms with Crippen LogP contribution in [0, 0.1) is 0 Å². The molecule has 1 fully saturated rings. The van der Waals surface area contributed by atoms with Crippen LogP contribution in [0.25, 0.3) is 11.0 Å². The number of fused-ring (bicyclic) bond motifs is 1. The quantitative estimate of drug-likeness (QED) is 0.319. The van der Waals surface area contributed by atoms with Crippen molar-refractivity contribution in [1.29, 1.82) is 0 Å². The van der Waals surface area contributed by atoms with Crippen molar-refractivity contribution in [1.82, 2.24) is 20.6 Å². The van der Waals surface area contributed by atoms with E-state index < -0.39 is 15.7 Å². The molecule has 0 bridgehead atoms. The van der Waals surface area contributed by atoms with E-state index in [-0.39, 0.29) is 28.3 Å². The Labute approximate surface area is 201 Å². The van der Waals surface area contributed by atoms with Crippen molar-refractivity contribution in [2.45, 2.75) is 23.8 Å². The van der Waals surface area contributed by atoms with E-state index in [0.29, 0.717) is 28.3 Å². The van der Waals surface area contributed by atoms with Crippen LogP contribution in [0.2, 0.25) is 0 Å². The summed E-state index contributed by atoms with van der Waals surface area (Å²) in [4.78, 5) is 21.0. The van der Waals surface area contributed by atoms with Crippen LogP contribution in [-0.4, -0.2) is 43.3 Å². The summed E-state index contributed by atoms with van der Waals surface area (Å²) in [7, 11) is -2.14. The maximum atomic E-state index is 13.0. The molecule has 180 valence electrons. The minimum absolute atomic E-state index is 0.0934. The average Bonchev–Trinajstić information content (AvgIpc) is 3.63. The number of anilines is 2. The minimum Gasteiger partial charge on any atom is -0.439 e. The van der Waals surface area contributed by atoms with Crippen molar-refractivity contribution >= 4 is 38.3 Å². The van der Waals surface area contributed by atoms with E-state index in [4.69, 9.17) is 9.15 Å². The third kappa shape index (κ3) is 4.81. The first-order valence-corrected chi connectivity index (χ1v) is 12.6. The maximum Gasteiger partial charge on any atom is 0.257 e. The second-order valence-corrected chi connectivity index (χ2v) is 9.98. The van der Waals surface area contributed by atoms with Gasteiger partial charge in [-0.25, -0.2) is 18.4 Å². The first-order chi connectivity index (χ1) is 17.0.